The summed E-state index contributed by atoms with van der Waals surface area (Å²) in [6.45, 7) is 0. The van der Waals surface area contributed by atoms with Crippen molar-refractivity contribution >= 4 is 65.4 Å². The number of hydrogen-bond donors (Lipinski definition) is 0. The van der Waals surface area contributed by atoms with Gasteiger partial charge >= 0.3 is 0 Å². The van der Waals surface area contributed by atoms with Crippen molar-refractivity contribution in [1.82, 2.24) is 13.7 Å². The summed E-state index contributed by atoms with van der Waals surface area (Å²) in [7, 11) is 0. The lowest BCUT2D eigenvalue weighted by Gasteiger charge is -2.17. The third kappa shape index (κ3) is 6.14. The molecule has 0 saturated heterocycles. The molecule has 0 amide bonds. The van der Waals surface area contributed by atoms with E-state index in [1.807, 2.05) is 0 Å². The second kappa shape index (κ2) is 15.7. The van der Waals surface area contributed by atoms with Crippen molar-refractivity contribution in [3.63, 3.8) is 0 Å². The molecule has 0 bridgehead atoms. The molecule has 0 aliphatic heterocycles. The minimum absolute atomic E-state index is 1.14. The molecule has 69 heavy (non-hydrogen) atoms. The molecular weight excluding hydrogens is 835 g/mol. The molecule has 0 unspecified atom stereocenters. The molecule has 0 aliphatic carbocycles. The lowest BCUT2D eigenvalue weighted by atomic mass is 9.97. The Bertz CT molecular complexity index is 4270. The Morgan fingerprint density at radius 2 is 0.681 bits per heavy atom. The van der Waals surface area contributed by atoms with Gasteiger partial charge < -0.3 is 13.7 Å². The van der Waals surface area contributed by atoms with Crippen LogP contribution in [-0.4, -0.2) is 13.7 Å². The quantitative estimate of drug-likeness (QED) is 0.152. The van der Waals surface area contributed by atoms with Gasteiger partial charge in [0, 0.05) is 49.1 Å². The van der Waals surface area contributed by atoms with Gasteiger partial charge in [0.15, 0.2) is 0 Å². The molecule has 0 N–H and O–H groups in total. The number of fused-ring (bicyclic) bond motifs is 10. The zero-order valence-electron chi connectivity index (χ0n) is 37.7. The van der Waals surface area contributed by atoms with Crippen LogP contribution >= 0.6 is 0 Å². The van der Waals surface area contributed by atoms with Gasteiger partial charge in [-0.05, 0) is 94.0 Å². The summed E-state index contributed by atoms with van der Waals surface area (Å²) in [5.41, 5.74) is 20.0. The minimum Gasteiger partial charge on any atom is -0.309 e. The zero-order chi connectivity index (χ0) is 45.4. The molecule has 0 aliphatic rings. The van der Waals surface area contributed by atoms with E-state index in [-0.39, 0.29) is 0 Å². The van der Waals surface area contributed by atoms with Crippen molar-refractivity contribution in [2.75, 3.05) is 0 Å². The maximum absolute atomic E-state index is 2.50. The van der Waals surface area contributed by atoms with E-state index in [9.17, 15) is 0 Å². The van der Waals surface area contributed by atoms with Gasteiger partial charge in [-0.1, -0.05) is 200 Å². The fourth-order valence-electron chi connectivity index (χ4n) is 11.2. The number of aromatic nitrogens is 3. The molecule has 3 aromatic heterocycles. The van der Waals surface area contributed by atoms with Crippen LogP contribution in [0.2, 0.25) is 0 Å². The van der Waals surface area contributed by atoms with Crippen LogP contribution in [-0.2, 0) is 0 Å². The normalized spacial score (nSPS) is 11.8. The van der Waals surface area contributed by atoms with Crippen LogP contribution < -0.4 is 0 Å². The Labute approximate surface area is 399 Å². The van der Waals surface area contributed by atoms with E-state index in [1.54, 1.807) is 0 Å². The summed E-state index contributed by atoms with van der Waals surface area (Å²) in [5, 5.41) is 7.40. The molecular formula is C66H43N3. The third-order valence-corrected chi connectivity index (χ3v) is 14.3. The second-order valence-electron chi connectivity index (χ2n) is 18.0. The van der Waals surface area contributed by atoms with Crippen molar-refractivity contribution in [1.29, 1.82) is 0 Å². The molecule has 14 aromatic rings. The smallest absolute Gasteiger partial charge is 0.0641 e. The Morgan fingerprint density at radius 1 is 0.217 bits per heavy atom. The van der Waals surface area contributed by atoms with E-state index < -0.39 is 0 Å². The maximum atomic E-state index is 2.50. The van der Waals surface area contributed by atoms with Crippen LogP contribution in [0.4, 0.5) is 0 Å². The predicted octanol–water partition coefficient (Wildman–Crippen LogP) is 17.6. The van der Waals surface area contributed by atoms with Gasteiger partial charge in [0.05, 0.1) is 44.5 Å². The second-order valence-corrected chi connectivity index (χ2v) is 18.0. The topological polar surface area (TPSA) is 14.8 Å². The van der Waals surface area contributed by atoms with Crippen LogP contribution in [0, 0.1) is 0 Å². The Balaban J connectivity index is 0.995. The monoisotopic (exact) mass is 877 g/mol. The number of rotatable bonds is 7. The van der Waals surface area contributed by atoms with E-state index in [4.69, 9.17) is 0 Å². The zero-order valence-corrected chi connectivity index (χ0v) is 37.7. The van der Waals surface area contributed by atoms with E-state index in [0.29, 0.717) is 0 Å². The third-order valence-electron chi connectivity index (χ3n) is 14.3. The highest BCUT2D eigenvalue weighted by Gasteiger charge is 2.23. The summed E-state index contributed by atoms with van der Waals surface area (Å²) in [6, 6.07) is 95.5. The first-order valence-electron chi connectivity index (χ1n) is 23.8. The first-order valence-corrected chi connectivity index (χ1v) is 23.8. The van der Waals surface area contributed by atoms with Crippen LogP contribution in [0.5, 0.6) is 0 Å². The van der Waals surface area contributed by atoms with E-state index in [2.05, 4.69) is 275 Å². The van der Waals surface area contributed by atoms with Crippen molar-refractivity contribution in [3.05, 3.63) is 261 Å². The largest absolute Gasteiger partial charge is 0.309 e. The molecule has 0 fully saturated rings. The van der Waals surface area contributed by atoms with E-state index >= 15 is 0 Å². The first-order chi connectivity index (χ1) is 34.3. The number of hydrogen-bond acceptors (Lipinski definition) is 0. The Morgan fingerprint density at radius 3 is 1.39 bits per heavy atom. The predicted molar refractivity (Wildman–Crippen MR) is 291 cm³/mol. The molecule has 3 heterocycles. The summed E-state index contributed by atoms with van der Waals surface area (Å²) < 4.78 is 7.46. The average molecular weight is 878 g/mol. The van der Waals surface area contributed by atoms with Crippen LogP contribution in [0.3, 0.4) is 0 Å². The van der Waals surface area contributed by atoms with Gasteiger partial charge in [0.2, 0.25) is 0 Å². The van der Waals surface area contributed by atoms with Crippen molar-refractivity contribution < 1.29 is 0 Å². The fraction of sp³-hybridized carbons (Fsp3) is 0. The first kappa shape index (κ1) is 39.0. The number of benzene rings is 11. The van der Waals surface area contributed by atoms with Crippen molar-refractivity contribution in [3.8, 4) is 61.6 Å². The van der Waals surface area contributed by atoms with E-state index in [1.165, 1.54) is 104 Å². The Kier molecular flexibility index (Phi) is 8.90. The van der Waals surface area contributed by atoms with Crippen LogP contribution in [0.15, 0.2) is 261 Å². The van der Waals surface area contributed by atoms with Crippen molar-refractivity contribution in [2.24, 2.45) is 0 Å². The molecule has 3 nitrogen and oxygen atoms in total. The van der Waals surface area contributed by atoms with Gasteiger partial charge in [-0.15, -0.1) is 0 Å². The lowest BCUT2D eigenvalue weighted by molar-refractivity contribution is 1.17. The molecule has 322 valence electrons. The molecule has 3 heteroatoms. The molecule has 14 rings (SSSR count). The minimum atomic E-state index is 1.14. The summed E-state index contributed by atoms with van der Waals surface area (Å²) >= 11 is 0. The highest BCUT2D eigenvalue weighted by Crippen LogP contribution is 2.45. The standard InChI is InChI=1S/C66H43N3/c1-4-18-44(19-5-1)46-32-36-50(37-33-46)67-59-29-15-12-26-53(59)55-39-41-63-65(66(55)67)56-27-13-17-31-61(56)68(63)58-28-14-10-24-51(58)49-34-38-54-52-25-11-16-30-60(52)69(64(54)43-49)62-40-35-48(45-20-6-2-7-21-45)42-57(62)47-22-8-3-9-23-47/h1-43H. The van der Waals surface area contributed by atoms with Gasteiger partial charge in [-0.3, -0.25) is 0 Å². The van der Waals surface area contributed by atoms with Gasteiger partial charge in [0.1, 0.15) is 0 Å². The van der Waals surface area contributed by atoms with Crippen molar-refractivity contribution in [2.45, 2.75) is 0 Å². The molecule has 0 spiro atoms. The number of para-hydroxylation sites is 4. The summed E-state index contributed by atoms with van der Waals surface area (Å²) in [5.74, 6) is 0. The summed E-state index contributed by atoms with van der Waals surface area (Å²) in [6.07, 6.45) is 0. The lowest BCUT2D eigenvalue weighted by Crippen LogP contribution is -1.99. The summed E-state index contributed by atoms with van der Waals surface area (Å²) in [4.78, 5) is 0. The van der Waals surface area contributed by atoms with Crippen LogP contribution in [0.25, 0.3) is 127 Å². The molecule has 0 saturated carbocycles. The van der Waals surface area contributed by atoms with Gasteiger partial charge in [-0.25, -0.2) is 0 Å². The van der Waals surface area contributed by atoms with Gasteiger partial charge in [0.25, 0.3) is 0 Å². The highest BCUT2D eigenvalue weighted by molar-refractivity contribution is 6.26. The average Bonchev–Trinajstić information content (AvgIpc) is 4.07. The SMILES string of the molecule is c1ccc(-c2ccc(-n3c4ccccc4c4ccc5c(c6ccccc6n5-c5ccccc5-c5ccc6c7ccccc7n(-c7ccc(-c8ccccc8)cc7-c7ccccc7)c6c5)c43)cc2)cc1. The molecule has 0 radical (unpaired) electrons. The maximum Gasteiger partial charge on any atom is 0.0641 e. The van der Waals surface area contributed by atoms with Gasteiger partial charge in [-0.2, -0.15) is 0 Å². The number of nitrogens with zero attached hydrogens (tertiary/aromatic N) is 3. The fourth-order valence-corrected chi connectivity index (χ4v) is 11.2. The molecule has 11 aromatic carbocycles. The molecule has 0 atom stereocenters. The Hall–Kier alpha value is -9.18. The van der Waals surface area contributed by atoms with E-state index in [0.717, 1.165) is 22.6 Å². The highest BCUT2D eigenvalue weighted by atomic mass is 15.0. The van der Waals surface area contributed by atoms with Crippen LogP contribution in [0.1, 0.15) is 0 Å².